The Kier molecular flexibility index (Phi) is 7.26. The second-order valence-corrected chi connectivity index (χ2v) is 10.6. The van der Waals surface area contributed by atoms with Gasteiger partial charge in [-0.1, -0.05) is 38.1 Å². The van der Waals surface area contributed by atoms with Crippen LogP contribution in [0.3, 0.4) is 0 Å². The number of hydrogen-bond acceptors (Lipinski definition) is 5. The van der Waals surface area contributed by atoms with E-state index in [1.807, 2.05) is 49.4 Å². The predicted octanol–water partition coefficient (Wildman–Crippen LogP) is 3.72. The van der Waals surface area contributed by atoms with E-state index < -0.39 is 9.84 Å². The topological polar surface area (TPSA) is 72.9 Å². The molecule has 0 radical (unpaired) electrons. The SMILES string of the molecule is COc1ccc(CN(C(=O)COc2cc(C)ccc2C(C)C)C2CCS(=O)(=O)C2)cc1. The van der Waals surface area contributed by atoms with Crippen molar-refractivity contribution in [2.24, 2.45) is 0 Å². The van der Waals surface area contributed by atoms with E-state index in [0.717, 1.165) is 22.4 Å². The van der Waals surface area contributed by atoms with E-state index in [0.29, 0.717) is 18.7 Å². The van der Waals surface area contributed by atoms with Crippen molar-refractivity contribution in [3.8, 4) is 11.5 Å². The molecule has 0 spiro atoms. The minimum atomic E-state index is -3.12. The number of carbonyl (C=O) groups is 1. The largest absolute Gasteiger partial charge is 0.497 e. The van der Waals surface area contributed by atoms with E-state index in [4.69, 9.17) is 9.47 Å². The Labute approximate surface area is 185 Å². The lowest BCUT2D eigenvalue weighted by Crippen LogP contribution is -2.43. The predicted molar refractivity (Wildman–Crippen MR) is 121 cm³/mol. The first-order valence-corrected chi connectivity index (χ1v) is 12.4. The highest BCUT2D eigenvalue weighted by Crippen LogP contribution is 2.28. The van der Waals surface area contributed by atoms with Gasteiger partial charge in [0, 0.05) is 12.6 Å². The van der Waals surface area contributed by atoms with Crippen LogP contribution in [0.4, 0.5) is 0 Å². The van der Waals surface area contributed by atoms with Crippen LogP contribution in [0.25, 0.3) is 0 Å². The van der Waals surface area contributed by atoms with Gasteiger partial charge in [0.2, 0.25) is 0 Å². The molecule has 1 saturated heterocycles. The van der Waals surface area contributed by atoms with Gasteiger partial charge in [0.25, 0.3) is 5.91 Å². The summed E-state index contributed by atoms with van der Waals surface area (Å²) >= 11 is 0. The summed E-state index contributed by atoms with van der Waals surface area (Å²) in [5, 5.41) is 0. The van der Waals surface area contributed by atoms with Crippen LogP contribution in [0.5, 0.6) is 11.5 Å². The van der Waals surface area contributed by atoms with Crippen molar-refractivity contribution < 1.29 is 22.7 Å². The summed E-state index contributed by atoms with van der Waals surface area (Å²) in [5.41, 5.74) is 3.02. The van der Waals surface area contributed by atoms with E-state index in [1.54, 1.807) is 12.0 Å². The Hall–Kier alpha value is -2.54. The molecule has 7 heteroatoms. The summed E-state index contributed by atoms with van der Waals surface area (Å²) < 4.78 is 35.3. The third-order valence-electron chi connectivity index (χ3n) is 5.62. The van der Waals surface area contributed by atoms with Crippen LogP contribution in [-0.2, 0) is 21.2 Å². The molecule has 1 heterocycles. The lowest BCUT2D eigenvalue weighted by molar-refractivity contribution is -0.136. The highest BCUT2D eigenvalue weighted by Gasteiger charge is 2.35. The molecule has 3 rings (SSSR count). The third-order valence-corrected chi connectivity index (χ3v) is 7.37. The van der Waals surface area contributed by atoms with Gasteiger partial charge < -0.3 is 14.4 Å². The zero-order chi connectivity index (χ0) is 22.6. The number of hydrogen-bond donors (Lipinski definition) is 0. The smallest absolute Gasteiger partial charge is 0.261 e. The first-order chi connectivity index (χ1) is 14.7. The summed E-state index contributed by atoms with van der Waals surface area (Å²) in [5.74, 6) is 1.59. The number of rotatable bonds is 8. The molecule has 0 saturated carbocycles. The van der Waals surface area contributed by atoms with E-state index in [-0.39, 0.29) is 36.0 Å². The lowest BCUT2D eigenvalue weighted by atomic mass is 10.0. The van der Waals surface area contributed by atoms with Crippen molar-refractivity contribution in [2.75, 3.05) is 25.2 Å². The minimum absolute atomic E-state index is 0.00339. The van der Waals surface area contributed by atoms with Crippen molar-refractivity contribution in [1.29, 1.82) is 0 Å². The van der Waals surface area contributed by atoms with Crippen molar-refractivity contribution in [3.05, 3.63) is 59.2 Å². The Morgan fingerprint density at radius 1 is 1.16 bits per heavy atom. The fraction of sp³-hybridized carbons (Fsp3) is 0.458. The number of methoxy groups -OCH3 is 1. The maximum absolute atomic E-state index is 13.2. The van der Waals surface area contributed by atoms with Gasteiger partial charge in [-0.3, -0.25) is 4.79 Å². The zero-order valence-corrected chi connectivity index (χ0v) is 19.4. The second kappa shape index (κ2) is 9.73. The molecule has 1 unspecified atom stereocenters. The van der Waals surface area contributed by atoms with Crippen molar-refractivity contribution in [2.45, 2.75) is 45.7 Å². The quantitative estimate of drug-likeness (QED) is 0.619. The highest BCUT2D eigenvalue weighted by molar-refractivity contribution is 7.91. The summed E-state index contributed by atoms with van der Waals surface area (Å²) in [6.07, 6.45) is 0.450. The number of amides is 1. The van der Waals surface area contributed by atoms with Gasteiger partial charge in [-0.2, -0.15) is 0 Å². The average molecular weight is 446 g/mol. The number of aryl methyl sites for hydroxylation is 1. The van der Waals surface area contributed by atoms with Gasteiger partial charge in [-0.05, 0) is 54.2 Å². The molecule has 0 N–H and O–H groups in total. The molecule has 1 fully saturated rings. The van der Waals surface area contributed by atoms with Crippen LogP contribution in [0, 0.1) is 6.92 Å². The van der Waals surface area contributed by atoms with Crippen LogP contribution < -0.4 is 9.47 Å². The molecule has 1 aliphatic rings. The molecule has 2 aromatic carbocycles. The molecule has 31 heavy (non-hydrogen) atoms. The van der Waals surface area contributed by atoms with E-state index in [9.17, 15) is 13.2 Å². The molecule has 0 bridgehead atoms. The second-order valence-electron chi connectivity index (χ2n) is 8.41. The zero-order valence-electron chi connectivity index (χ0n) is 18.6. The molecule has 1 aliphatic heterocycles. The van der Waals surface area contributed by atoms with Gasteiger partial charge in [0.05, 0.1) is 18.6 Å². The maximum Gasteiger partial charge on any atom is 0.261 e. The minimum Gasteiger partial charge on any atom is -0.497 e. The Balaban J connectivity index is 1.78. The molecule has 168 valence electrons. The standard InChI is InChI=1S/C24H31NO5S/c1-17(2)22-10-5-18(3)13-23(22)30-15-24(26)25(20-11-12-31(27,28)16-20)14-19-6-8-21(29-4)9-7-19/h5-10,13,17,20H,11-12,14-16H2,1-4H3. The van der Waals surface area contributed by atoms with Gasteiger partial charge in [-0.15, -0.1) is 0 Å². The van der Waals surface area contributed by atoms with Gasteiger partial charge >= 0.3 is 0 Å². The summed E-state index contributed by atoms with van der Waals surface area (Å²) in [4.78, 5) is 14.8. The number of sulfone groups is 1. The maximum atomic E-state index is 13.2. The van der Waals surface area contributed by atoms with E-state index >= 15 is 0 Å². The Morgan fingerprint density at radius 3 is 2.45 bits per heavy atom. The monoisotopic (exact) mass is 445 g/mol. The molecule has 0 aliphatic carbocycles. The molecule has 1 amide bonds. The summed E-state index contributed by atoms with van der Waals surface area (Å²) in [7, 11) is -1.52. The fourth-order valence-corrected chi connectivity index (χ4v) is 5.57. The van der Waals surface area contributed by atoms with Gasteiger partial charge in [0.15, 0.2) is 16.4 Å². The van der Waals surface area contributed by atoms with Crippen LogP contribution in [0.2, 0.25) is 0 Å². The lowest BCUT2D eigenvalue weighted by Gasteiger charge is -2.29. The Morgan fingerprint density at radius 2 is 1.87 bits per heavy atom. The molecule has 0 aromatic heterocycles. The van der Waals surface area contributed by atoms with Gasteiger partial charge in [0.1, 0.15) is 11.5 Å². The van der Waals surface area contributed by atoms with Crippen LogP contribution in [0.15, 0.2) is 42.5 Å². The fourth-order valence-electron chi connectivity index (χ4n) is 3.84. The number of nitrogens with zero attached hydrogens (tertiary/aromatic N) is 1. The highest BCUT2D eigenvalue weighted by atomic mass is 32.2. The van der Waals surface area contributed by atoms with Crippen LogP contribution in [-0.4, -0.2) is 50.5 Å². The third kappa shape index (κ3) is 6.00. The molecule has 2 aromatic rings. The van der Waals surface area contributed by atoms with Crippen molar-refractivity contribution in [3.63, 3.8) is 0 Å². The normalized spacial score (nSPS) is 17.5. The molecule has 6 nitrogen and oxygen atoms in total. The van der Waals surface area contributed by atoms with Crippen LogP contribution in [0.1, 0.15) is 42.9 Å². The van der Waals surface area contributed by atoms with Crippen LogP contribution >= 0.6 is 0 Å². The van der Waals surface area contributed by atoms with E-state index in [2.05, 4.69) is 13.8 Å². The summed E-state index contributed by atoms with van der Waals surface area (Å²) in [6.45, 7) is 6.35. The molecule has 1 atom stereocenters. The number of benzene rings is 2. The number of carbonyl (C=O) groups excluding carboxylic acids is 1. The first kappa shape index (κ1) is 23.1. The summed E-state index contributed by atoms with van der Waals surface area (Å²) in [6, 6.07) is 13.1. The molecular formula is C24H31NO5S. The number of ether oxygens (including phenoxy) is 2. The van der Waals surface area contributed by atoms with Gasteiger partial charge in [-0.25, -0.2) is 8.42 Å². The molecular weight excluding hydrogens is 414 g/mol. The van der Waals surface area contributed by atoms with E-state index in [1.165, 1.54) is 0 Å². The Bertz CT molecular complexity index is 1010. The van der Waals surface area contributed by atoms with Crippen molar-refractivity contribution in [1.82, 2.24) is 4.90 Å². The first-order valence-electron chi connectivity index (χ1n) is 10.5. The van der Waals surface area contributed by atoms with Crippen molar-refractivity contribution >= 4 is 15.7 Å². The average Bonchev–Trinajstić information content (AvgIpc) is 3.09.